The molecule has 6 rings (SSSR count). The molecule has 0 unspecified atom stereocenters. The molecule has 1 fully saturated rings. The Bertz CT molecular complexity index is 1900. The van der Waals surface area contributed by atoms with Crippen molar-refractivity contribution < 1.29 is 17.2 Å². The van der Waals surface area contributed by atoms with E-state index >= 15 is 0 Å². The number of nitrogens with zero attached hydrogens (tertiary/aromatic N) is 8. The molecule has 0 bridgehead atoms. The van der Waals surface area contributed by atoms with Crippen molar-refractivity contribution in [2.24, 2.45) is 0 Å². The van der Waals surface area contributed by atoms with Crippen LogP contribution in [0.4, 0.5) is 14.6 Å². The van der Waals surface area contributed by atoms with E-state index in [1.165, 1.54) is 24.8 Å². The van der Waals surface area contributed by atoms with Gasteiger partial charge in [-0.3, -0.25) is 4.90 Å². The van der Waals surface area contributed by atoms with Crippen LogP contribution in [0.3, 0.4) is 0 Å². The number of benzene rings is 1. The highest BCUT2D eigenvalue weighted by atomic mass is 32.2. The fourth-order valence-corrected chi connectivity index (χ4v) is 5.87. The van der Waals surface area contributed by atoms with Crippen LogP contribution in [0.25, 0.3) is 27.8 Å². The summed E-state index contributed by atoms with van der Waals surface area (Å²) in [7, 11) is -3.25. The Morgan fingerprint density at radius 2 is 1.76 bits per heavy atom. The summed E-state index contributed by atoms with van der Waals surface area (Å²) in [5.41, 5.74) is 4.53. The first-order valence-electron chi connectivity index (χ1n) is 13.2. The fourth-order valence-electron chi connectivity index (χ4n) is 5.18. The van der Waals surface area contributed by atoms with Crippen molar-refractivity contribution in [3.8, 4) is 28.3 Å². The number of nitriles is 1. The summed E-state index contributed by atoms with van der Waals surface area (Å²) in [5, 5.41) is 17.7. The molecule has 214 valence electrons. The minimum Gasteiger partial charge on any atom is -0.354 e. The summed E-state index contributed by atoms with van der Waals surface area (Å²) >= 11 is 0. The van der Waals surface area contributed by atoms with Gasteiger partial charge in [0.1, 0.15) is 11.9 Å². The number of piperazine rings is 1. The average molecular weight is 589 g/mol. The zero-order valence-electron chi connectivity index (χ0n) is 22.6. The van der Waals surface area contributed by atoms with Crippen molar-refractivity contribution in [1.82, 2.24) is 29.3 Å². The number of hydrogen-bond donors (Lipinski definition) is 0. The van der Waals surface area contributed by atoms with Gasteiger partial charge < -0.3 is 4.90 Å². The smallest absolute Gasteiger partial charge is 0.333 e. The van der Waals surface area contributed by atoms with Crippen LogP contribution in [0.5, 0.6) is 0 Å². The molecule has 13 heteroatoms. The van der Waals surface area contributed by atoms with Gasteiger partial charge in [-0.15, -0.1) is 0 Å². The number of rotatable bonds is 7. The van der Waals surface area contributed by atoms with E-state index in [1.54, 1.807) is 35.1 Å². The summed E-state index contributed by atoms with van der Waals surface area (Å²) in [5.74, 6) is 0.817. The molecule has 1 aromatic carbocycles. The van der Waals surface area contributed by atoms with Gasteiger partial charge in [0, 0.05) is 79.8 Å². The van der Waals surface area contributed by atoms with Crippen LogP contribution in [-0.2, 0) is 16.4 Å². The Balaban J connectivity index is 1.21. The molecule has 0 radical (unpaired) electrons. The molecule has 5 aromatic rings. The number of fused-ring (bicyclic) bond motifs is 1. The van der Waals surface area contributed by atoms with Crippen LogP contribution in [0.2, 0.25) is 0 Å². The van der Waals surface area contributed by atoms with E-state index in [0.29, 0.717) is 43.9 Å². The first kappa shape index (κ1) is 27.5. The largest absolute Gasteiger partial charge is 0.354 e. The average Bonchev–Trinajstić information content (AvgIpc) is 3.65. The van der Waals surface area contributed by atoms with Crippen LogP contribution in [-0.4, -0.2) is 70.1 Å². The molecule has 0 atom stereocenters. The van der Waals surface area contributed by atoms with Crippen LogP contribution in [0.15, 0.2) is 78.3 Å². The molecular weight excluding hydrogens is 562 g/mol. The maximum absolute atomic E-state index is 13.1. The molecule has 4 aromatic heterocycles. The van der Waals surface area contributed by atoms with Crippen molar-refractivity contribution in [3.05, 3.63) is 84.6 Å². The first-order chi connectivity index (χ1) is 20.2. The van der Waals surface area contributed by atoms with Crippen molar-refractivity contribution >= 4 is 21.2 Å². The Morgan fingerprint density at radius 1 is 0.952 bits per heavy atom. The SMILES string of the molecule is CS(=O)(=O)c1cccc(CN2CCN(c3ccc(-c4cc(-c5cnn(C(F)F)c5)cn5ncc(C#N)c45)cn3)CC2)c1. The number of halogens is 2. The normalized spacial score (nSPS) is 14.5. The summed E-state index contributed by atoms with van der Waals surface area (Å²) in [6.07, 6.45) is 8.76. The fraction of sp³-hybridized carbons (Fsp3) is 0.241. The highest BCUT2D eigenvalue weighted by molar-refractivity contribution is 7.90. The monoisotopic (exact) mass is 588 g/mol. The predicted molar refractivity (Wildman–Crippen MR) is 153 cm³/mol. The van der Waals surface area contributed by atoms with E-state index in [0.717, 1.165) is 43.1 Å². The summed E-state index contributed by atoms with van der Waals surface area (Å²) in [6, 6.07) is 14.9. The minimum absolute atomic E-state index is 0.326. The van der Waals surface area contributed by atoms with Crippen molar-refractivity contribution in [2.45, 2.75) is 18.0 Å². The highest BCUT2D eigenvalue weighted by Crippen LogP contribution is 2.33. The molecule has 0 amide bonds. The molecular formula is C29H26F2N8O2S. The van der Waals surface area contributed by atoms with Gasteiger partial charge in [-0.25, -0.2) is 22.6 Å². The highest BCUT2D eigenvalue weighted by Gasteiger charge is 2.20. The molecule has 0 spiro atoms. The Labute approximate surface area is 241 Å². The molecule has 1 saturated heterocycles. The molecule has 5 heterocycles. The number of sulfone groups is 1. The van der Waals surface area contributed by atoms with E-state index in [-0.39, 0.29) is 0 Å². The number of anilines is 1. The lowest BCUT2D eigenvalue weighted by molar-refractivity contribution is 0.0566. The third kappa shape index (κ3) is 5.46. The van der Waals surface area contributed by atoms with Crippen molar-refractivity contribution in [1.29, 1.82) is 5.26 Å². The maximum atomic E-state index is 13.1. The standard InChI is InChI=1S/C29H26F2N8O2S/c1-42(40,41)25-4-2-3-20(11-25)17-36-7-9-37(10-8-36)27-6-5-21(14-33-27)26-12-22(24-16-35-39(19-24)29(30)31)18-38-28(26)23(13-32)15-34-38/h2-6,11-12,14-16,18-19,29H,7-10,17H2,1H3. The zero-order chi connectivity index (χ0) is 29.4. The molecule has 1 aliphatic rings. The van der Waals surface area contributed by atoms with Crippen LogP contribution < -0.4 is 4.90 Å². The lowest BCUT2D eigenvalue weighted by atomic mass is 10.0. The van der Waals surface area contributed by atoms with Gasteiger partial charge in [-0.1, -0.05) is 12.1 Å². The Morgan fingerprint density at radius 3 is 2.43 bits per heavy atom. The third-order valence-electron chi connectivity index (χ3n) is 7.35. The van der Waals surface area contributed by atoms with E-state index in [9.17, 15) is 22.5 Å². The number of aromatic nitrogens is 5. The van der Waals surface area contributed by atoms with Crippen LogP contribution >= 0.6 is 0 Å². The lowest BCUT2D eigenvalue weighted by Crippen LogP contribution is -2.46. The Hall–Kier alpha value is -4.67. The third-order valence-corrected chi connectivity index (χ3v) is 8.47. The quantitative estimate of drug-likeness (QED) is 0.277. The molecule has 0 N–H and O–H groups in total. The molecule has 0 aliphatic carbocycles. The number of hydrogen-bond acceptors (Lipinski definition) is 8. The minimum atomic E-state index is -3.25. The van der Waals surface area contributed by atoms with E-state index in [4.69, 9.17) is 4.98 Å². The van der Waals surface area contributed by atoms with Crippen molar-refractivity contribution in [2.75, 3.05) is 37.3 Å². The predicted octanol–water partition coefficient (Wildman–Crippen LogP) is 4.25. The van der Waals surface area contributed by atoms with Crippen LogP contribution in [0.1, 0.15) is 17.7 Å². The topological polar surface area (TPSA) is 112 Å². The van der Waals surface area contributed by atoms with E-state index in [1.807, 2.05) is 24.3 Å². The van der Waals surface area contributed by atoms with Crippen LogP contribution in [0, 0.1) is 11.3 Å². The number of alkyl halides is 2. The van der Waals surface area contributed by atoms with Crippen molar-refractivity contribution in [3.63, 3.8) is 0 Å². The number of pyridine rings is 2. The van der Waals surface area contributed by atoms with Gasteiger partial charge in [0.15, 0.2) is 9.84 Å². The molecule has 1 aliphatic heterocycles. The second kappa shape index (κ2) is 11.0. The maximum Gasteiger partial charge on any atom is 0.333 e. The molecule has 0 saturated carbocycles. The van der Waals surface area contributed by atoms with E-state index < -0.39 is 16.4 Å². The summed E-state index contributed by atoms with van der Waals surface area (Å²) < 4.78 is 52.2. The summed E-state index contributed by atoms with van der Waals surface area (Å²) in [4.78, 5) is 9.52. The Kier molecular flexibility index (Phi) is 7.17. The zero-order valence-corrected chi connectivity index (χ0v) is 23.4. The second-order valence-corrected chi connectivity index (χ2v) is 12.2. The van der Waals surface area contributed by atoms with Gasteiger partial charge in [0.05, 0.1) is 28.4 Å². The van der Waals surface area contributed by atoms with Gasteiger partial charge in [-0.05, 0) is 35.9 Å². The summed E-state index contributed by atoms with van der Waals surface area (Å²) in [6.45, 7) is 1.02. The second-order valence-electron chi connectivity index (χ2n) is 10.2. The van der Waals surface area contributed by atoms with Gasteiger partial charge in [0.25, 0.3) is 0 Å². The first-order valence-corrected chi connectivity index (χ1v) is 15.1. The molecule has 10 nitrogen and oxygen atoms in total. The van der Waals surface area contributed by atoms with Gasteiger partial charge in [-0.2, -0.15) is 24.2 Å². The lowest BCUT2D eigenvalue weighted by Gasteiger charge is -2.35. The van der Waals surface area contributed by atoms with E-state index in [2.05, 4.69) is 26.1 Å². The van der Waals surface area contributed by atoms with Gasteiger partial charge in [0.2, 0.25) is 0 Å². The molecule has 42 heavy (non-hydrogen) atoms. The van der Waals surface area contributed by atoms with Gasteiger partial charge >= 0.3 is 6.55 Å².